The van der Waals surface area contributed by atoms with Crippen molar-refractivity contribution >= 4 is 11.6 Å². The van der Waals surface area contributed by atoms with Crippen molar-refractivity contribution in [3.05, 3.63) is 18.2 Å². The Balaban J connectivity index is 3.12. The number of nitrogens with zero attached hydrogens (tertiary/aromatic N) is 1. The largest absolute Gasteiger partial charge is 0.493 e. The molecule has 1 aromatic rings. The molecule has 1 aromatic carbocycles. The van der Waals surface area contributed by atoms with Crippen molar-refractivity contribution in [2.75, 3.05) is 32.2 Å². The fourth-order valence-electron chi connectivity index (χ4n) is 1.80. The normalized spacial score (nSPS) is 10.4. The number of anilines is 1. The lowest BCUT2D eigenvalue weighted by molar-refractivity contribution is -0.121. The average Bonchev–Trinajstić information content (AvgIpc) is 2.43. The summed E-state index contributed by atoms with van der Waals surface area (Å²) in [5, 5.41) is 0. The van der Waals surface area contributed by atoms with Crippen LogP contribution in [0.15, 0.2) is 18.2 Å². The zero-order chi connectivity index (χ0) is 14.4. The van der Waals surface area contributed by atoms with Gasteiger partial charge >= 0.3 is 0 Å². The second-order valence-electron chi connectivity index (χ2n) is 4.47. The van der Waals surface area contributed by atoms with E-state index in [9.17, 15) is 4.79 Å². The maximum atomic E-state index is 12.2. The third-order valence-corrected chi connectivity index (χ3v) is 2.79. The van der Waals surface area contributed by atoms with Gasteiger partial charge in [0.1, 0.15) is 0 Å². The van der Waals surface area contributed by atoms with E-state index in [0.29, 0.717) is 24.6 Å². The Morgan fingerprint density at radius 2 is 1.89 bits per heavy atom. The molecule has 0 saturated heterocycles. The molecule has 106 valence electrons. The maximum Gasteiger partial charge on any atom is 0.229 e. The van der Waals surface area contributed by atoms with E-state index in [1.165, 1.54) is 0 Å². The van der Waals surface area contributed by atoms with Crippen LogP contribution in [0.1, 0.15) is 13.8 Å². The summed E-state index contributed by atoms with van der Waals surface area (Å²) in [4.78, 5) is 13.9. The number of methoxy groups -OCH3 is 2. The first-order chi connectivity index (χ1) is 9.04. The van der Waals surface area contributed by atoms with E-state index in [0.717, 1.165) is 5.69 Å². The Morgan fingerprint density at radius 3 is 2.37 bits per heavy atom. The van der Waals surface area contributed by atoms with Gasteiger partial charge in [0.15, 0.2) is 11.5 Å². The van der Waals surface area contributed by atoms with Gasteiger partial charge in [-0.1, -0.05) is 13.8 Å². The highest BCUT2D eigenvalue weighted by Gasteiger charge is 2.19. The Hall–Kier alpha value is -1.75. The molecule has 0 unspecified atom stereocenters. The average molecular weight is 266 g/mol. The number of ether oxygens (including phenoxy) is 2. The van der Waals surface area contributed by atoms with E-state index >= 15 is 0 Å². The van der Waals surface area contributed by atoms with Gasteiger partial charge < -0.3 is 20.1 Å². The second kappa shape index (κ2) is 6.99. The maximum absolute atomic E-state index is 12.2. The van der Waals surface area contributed by atoms with Gasteiger partial charge in [-0.05, 0) is 12.1 Å². The van der Waals surface area contributed by atoms with Crippen LogP contribution in [0, 0.1) is 5.92 Å². The van der Waals surface area contributed by atoms with E-state index < -0.39 is 0 Å². The lowest BCUT2D eigenvalue weighted by atomic mass is 10.1. The molecule has 2 N–H and O–H groups in total. The molecule has 19 heavy (non-hydrogen) atoms. The molecule has 0 aromatic heterocycles. The van der Waals surface area contributed by atoms with Gasteiger partial charge in [-0.2, -0.15) is 0 Å². The first-order valence-electron chi connectivity index (χ1n) is 6.28. The number of rotatable bonds is 6. The van der Waals surface area contributed by atoms with Crippen LogP contribution in [0.2, 0.25) is 0 Å². The molecule has 0 bridgehead atoms. The van der Waals surface area contributed by atoms with Crippen LogP contribution in [0.25, 0.3) is 0 Å². The van der Waals surface area contributed by atoms with Gasteiger partial charge in [0.05, 0.1) is 14.2 Å². The number of hydrogen-bond donors (Lipinski definition) is 1. The minimum absolute atomic E-state index is 0.0395. The minimum Gasteiger partial charge on any atom is -0.493 e. The van der Waals surface area contributed by atoms with Crippen LogP contribution in [-0.4, -0.2) is 33.2 Å². The first-order valence-corrected chi connectivity index (χ1v) is 6.28. The number of carbonyl (C=O) groups excluding carboxylic acids is 1. The second-order valence-corrected chi connectivity index (χ2v) is 4.47. The Bertz CT molecular complexity index is 433. The highest BCUT2D eigenvalue weighted by atomic mass is 16.5. The van der Waals surface area contributed by atoms with Crippen molar-refractivity contribution in [3.63, 3.8) is 0 Å². The van der Waals surface area contributed by atoms with Gasteiger partial charge in [0.25, 0.3) is 0 Å². The third kappa shape index (κ3) is 3.61. The molecule has 0 heterocycles. The molecule has 5 nitrogen and oxygen atoms in total. The summed E-state index contributed by atoms with van der Waals surface area (Å²) in [5.41, 5.74) is 6.35. The van der Waals surface area contributed by atoms with E-state index in [1.807, 2.05) is 19.9 Å². The lowest BCUT2D eigenvalue weighted by Crippen LogP contribution is -2.38. The molecule has 0 aliphatic carbocycles. The fraction of sp³-hybridized carbons (Fsp3) is 0.500. The SMILES string of the molecule is COc1ccc(N(CCN)C(=O)C(C)C)cc1OC. The van der Waals surface area contributed by atoms with Crippen molar-refractivity contribution in [1.29, 1.82) is 0 Å². The van der Waals surface area contributed by atoms with Gasteiger partial charge in [-0.25, -0.2) is 0 Å². The molecule has 0 saturated carbocycles. The van der Waals surface area contributed by atoms with Crippen molar-refractivity contribution < 1.29 is 14.3 Å². The molecule has 0 aliphatic rings. The zero-order valence-corrected chi connectivity index (χ0v) is 12.0. The summed E-state index contributed by atoms with van der Waals surface area (Å²) in [6.45, 7) is 4.62. The highest BCUT2D eigenvalue weighted by molar-refractivity contribution is 5.95. The summed E-state index contributed by atoms with van der Waals surface area (Å²) >= 11 is 0. The highest BCUT2D eigenvalue weighted by Crippen LogP contribution is 2.31. The lowest BCUT2D eigenvalue weighted by Gasteiger charge is -2.25. The van der Waals surface area contributed by atoms with Gasteiger partial charge in [-0.15, -0.1) is 0 Å². The van der Waals surface area contributed by atoms with E-state index in [-0.39, 0.29) is 11.8 Å². The number of nitrogens with two attached hydrogens (primary N) is 1. The predicted octanol–water partition coefficient (Wildman–Crippen LogP) is 1.65. The van der Waals surface area contributed by atoms with E-state index in [2.05, 4.69) is 0 Å². The quantitative estimate of drug-likeness (QED) is 0.850. The van der Waals surface area contributed by atoms with Crippen molar-refractivity contribution in [2.45, 2.75) is 13.8 Å². The van der Waals surface area contributed by atoms with Gasteiger partial charge in [0.2, 0.25) is 5.91 Å². The standard InChI is InChI=1S/C14H22N2O3/c1-10(2)14(17)16(8-7-15)11-5-6-12(18-3)13(9-11)19-4/h5-6,9-10H,7-8,15H2,1-4H3. The topological polar surface area (TPSA) is 64.8 Å². The first kappa shape index (κ1) is 15.3. The number of carbonyl (C=O) groups is 1. The number of amides is 1. The van der Waals surface area contributed by atoms with Crippen molar-refractivity contribution in [2.24, 2.45) is 11.7 Å². The molecule has 5 heteroatoms. The van der Waals surface area contributed by atoms with Crippen LogP contribution in [0.3, 0.4) is 0 Å². The van der Waals surface area contributed by atoms with Gasteiger partial charge in [-0.3, -0.25) is 4.79 Å². The van der Waals surface area contributed by atoms with Crippen LogP contribution >= 0.6 is 0 Å². The summed E-state index contributed by atoms with van der Waals surface area (Å²) in [7, 11) is 3.15. The zero-order valence-electron chi connectivity index (χ0n) is 12.0. The molecular formula is C14H22N2O3. The van der Waals surface area contributed by atoms with E-state index in [4.69, 9.17) is 15.2 Å². The summed E-state index contributed by atoms with van der Waals surface area (Å²) in [5.74, 6) is 1.19. The predicted molar refractivity (Wildman–Crippen MR) is 75.8 cm³/mol. The van der Waals surface area contributed by atoms with Crippen LogP contribution < -0.4 is 20.1 Å². The summed E-state index contributed by atoms with van der Waals surface area (Å²) in [6, 6.07) is 5.40. The van der Waals surface area contributed by atoms with Crippen molar-refractivity contribution in [1.82, 2.24) is 0 Å². The molecule has 1 amide bonds. The third-order valence-electron chi connectivity index (χ3n) is 2.79. The molecule has 0 fully saturated rings. The number of hydrogen-bond acceptors (Lipinski definition) is 4. The van der Waals surface area contributed by atoms with Crippen LogP contribution in [0.4, 0.5) is 5.69 Å². The molecule has 0 aliphatic heterocycles. The van der Waals surface area contributed by atoms with Gasteiger partial charge in [0, 0.05) is 30.8 Å². The van der Waals surface area contributed by atoms with E-state index in [1.54, 1.807) is 31.3 Å². The van der Waals surface area contributed by atoms with Crippen molar-refractivity contribution in [3.8, 4) is 11.5 Å². The van der Waals surface area contributed by atoms with Crippen LogP contribution in [-0.2, 0) is 4.79 Å². The smallest absolute Gasteiger partial charge is 0.229 e. The Morgan fingerprint density at radius 1 is 1.26 bits per heavy atom. The molecular weight excluding hydrogens is 244 g/mol. The molecule has 0 atom stereocenters. The fourth-order valence-corrected chi connectivity index (χ4v) is 1.80. The summed E-state index contributed by atoms with van der Waals surface area (Å²) in [6.07, 6.45) is 0. The molecule has 1 rings (SSSR count). The molecule has 0 spiro atoms. The molecule has 0 radical (unpaired) electrons. The van der Waals surface area contributed by atoms with Crippen LogP contribution in [0.5, 0.6) is 11.5 Å². The Kier molecular flexibility index (Phi) is 5.63. The Labute approximate surface area is 114 Å². The monoisotopic (exact) mass is 266 g/mol. The summed E-state index contributed by atoms with van der Waals surface area (Å²) < 4.78 is 10.4. The minimum atomic E-state index is -0.0837. The number of benzene rings is 1.